The Kier molecular flexibility index (Phi) is 13.1. The summed E-state index contributed by atoms with van der Waals surface area (Å²) < 4.78 is 53.3. The lowest BCUT2D eigenvalue weighted by atomic mass is 9.65. The van der Waals surface area contributed by atoms with Gasteiger partial charge in [-0.25, -0.2) is 13.4 Å². The summed E-state index contributed by atoms with van der Waals surface area (Å²) >= 11 is 0. The molecule has 15 heteroatoms. The molecule has 6 fully saturated rings. The zero-order valence-corrected chi connectivity index (χ0v) is 39.2. The fourth-order valence-electron chi connectivity index (χ4n) is 11.3. The first kappa shape index (κ1) is 46.0. The van der Waals surface area contributed by atoms with Gasteiger partial charge in [0.05, 0.1) is 59.4 Å². The van der Waals surface area contributed by atoms with Crippen molar-refractivity contribution >= 4 is 44.5 Å². The summed E-state index contributed by atoms with van der Waals surface area (Å²) in [5.74, 6) is -1.41. The van der Waals surface area contributed by atoms with Crippen molar-refractivity contribution in [2.45, 2.75) is 146 Å². The normalized spacial score (nSPS) is 31.5. The van der Waals surface area contributed by atoms with E-state index in [1.165, 1.54) is 0 Å². The van der Waals surface area contributed by atoms with Gasteiger partial charge < -0.3 is 23.8 Å². The van der Waals surface area contributed by atoms with Gasteiger partial charge in [-0.05, 0) is 94.1 Å². The second-order valence-electron chi connectivity index (χ2n) is 20.9. The molecule has 354 valence electrons. The van der Waals surface area contributed by atoms with Crippen LogP contribution >= 0.6 is 0 Å². The number of amides is 2. The summed E-state index contributed by atoms with van der Waals surface area (Å²) in [6.45, 7) is 12.0. The number of hydrogen-bond acceptors (Lipinski definition) is 12. The number of carbonyl (C=O) groups is 4. The molecule has 0 radical (unpaired) electrons. The Morgan fingerprint density at radius 1 is 0.985 bits per heavy atom. The monoisotopic (exact) mass is 916 g/mol. The molecule has 2 bridgehead atoms. The third kappa shape index (κ3) is 9.70. The maximum Gasteiger partial charge on any atom is 0.306 e. The summed E-state index contributed by atoms with van der Waals surface area (Å²) in [5.41, 5.74) is -0.233. The molecule has 1 aromatic carbocycles. The van der Waals surface area contributed by atoms with Gasteiger partial charge in [-0.1, -0.05) is 57.2 Å². The number of fused-ring (bicyclic) bond motifs is 5. The fraction of sp³-hybridized carbons (Fsp3) is 0.700. The number of hydrogen-bond donors (Lipinski definition) is 1. The first-order valence-electron chi connectivity index (χ1n) is 24.5. The van der Waals surface area contributed by atoms with Gasteiger partial charge in [0.15, 0.2) is 5.78 Å². The zero-order valence-electron chi connectivity index (χ0n) is 38.4. The number of morpholine rings is 1. The highest BCUT2D eigenvalue weighted by molar-refractivity contribution is 7.91. The van der Waals surface area contributed by atoms with Crippen LogP contribution in [0.25, 0.3) is 10.9 Å². The molecule has 1 N–H and O–H groups in total. The highest BCUT2D eigenvalue weighted by Gasteiger charge is 2.63. The highest BCUT2D eigenvalue weighted by atomic mass is 32.2. The van der Waals surface area contributed by atoms with Crippen LogP contribution in [-0.4, -0.2) is 116 Å². The molecule has 4 heterocycles. The van der Waals surface area contributed by atoms with Crippen LogP contribution in [-0.2, 0) is 45.1 Å². The van der Waals surface area contributed by atoms with Crippen molar-refractivity contribution in [2.75, 3.05) is 46.0 Å². The number of aromatic nitrogens is 1. The smallest absolute Gasteiger partial charge is 0.306 e. The first-order valence-corrected chi connectivity index (χ1v) is 25.9. The molecule has 7 atom stereocenters. The summed E-state index contributed by atoms with van der Waals surface area (Å²) in [4.78, 5) is 67.3. The number of ether oxygens (including phenoxy) is 4. The Morgan fingerprint density at radius 2 is 1.74 bits per heavy atom. The first-order chi connectivity index (χ1) is 31.2. The molecule has 2 aromatic rings. The predicted molar refractivity (Wildman–Crippen MR) is 244 cm³/mol. The van der Waals surface area contributed by atoms with E-state index in [1.54, 1.807) is 17.9 Å². The van der Waals surface area contributed by atoms with Gasteiger partial charge in [-0.2, -0.15) is 0 Å². The highest BCUT2D eigenvalue weighted by Crippen LogP contribution is 2.57. The van der Waals surface area contributed by atoms with E-state index in [-0.39, 0.29) is 56.0 Å². The van der Waals surface area contributed by atoms with Crippen LogP contribution in [0.5, 0.6) is 11.6 Å². The van der Waals surface area contributed by atoms with Crippen LogP contribution in [0.3, 0.4) is 0 Å². The Balaban J connectivity index is 1.06. The van der Waals surface area contributed by atoms with E-state index in [1.807, 2.05) is 24.3 Å². The summed E-state index contributed by atoms with van der Waals surface area (Å²) in [5, 5.41) is 0.893. The van der Waals surface area contributed by atoms with E-state index in [0.29, 0.717) is 56.4 Å². The molecule has 2 amide bonds. The van der Waals surface area contributed by atoms with Crippen molar-refractivity contribution in [1.82, 2.24) is 19.5 Å². The molecule has 0 spiro atoms. The molecule has 4 aliphatic carbocycles. The number of ketones is 1. The van der Waals surface area contributed by atoms with Crippen molar-refractivity contribution in [3.8, 4) is 11.6 Å². The van der Waals surface area contributed by atoms with Gasteiger partial charge in [-0.3, -0.25) is 28.8 Å². The van der Waals surface area contributed by atoms with E-state index in [9.17, 15) is 22.8 Å². The molecule has 9 rings (SSSR count). The molecular weight excluding hydrogens is 849 g/mol. The Labute approximate surface area is 383 Å². The van der Waals surface area contributed by atoms with Crippen LogP contribution in [0.2, 0.25) is 0 Å². The van der Waals surface area contributed by atoms with Crippen LogP contribution < -0.4 is 14.2 Å². The van der Waals surface area contributed by atoms with Crippen molar-refractivity contribution in [1.29, 1.82) is 0 Å². The maximum absolute atomic E-state index is 15.4. The Bertz CT molecular complexity index is 2270. The average Bonchev–Trinajstić information content (AvgIpc) is 4.25. The number of nitrogens with one attached hydrogen (secondary N) is 1. The van der Waals surface area contributed by atoms with Crippen LogP contribution in [0.15, 0.2) is 36.9 Å². The van der Waals surface area contributed by atoms with Crippen molar-refractivity contribution in [3.63, 3.8) is 0 Å². The minimum atomic E-state index is -3.97. The SMILES string of the molecule is C=C[C@@H]1C[C@]1(CC(=O)[C@@H]1C[C@@H]2CN1C(=O)[C@H](C1(C)CCCCC1)CC(=O)O[C@@H]1C[C@H]1CCCCCc1c(nc3ccccc3c1OCCN1CCOCC1)O2)C(=O)NS(=O)(=O)C1(C)CC1. The number of sulfonamides is 1. The summed E-state index contributed by atoms with van der Waals surface area (Å²) in [7, 11) is -3.97. The van der Waals surface area contributed by atoms with E-state index in [0.717, 1.165) is 101 Å². The van der Waals surface area contributed by atoms with Gasteiger partial charge >= 0.3 is 5.97 Å². The molecule has 2 saturated heterocycles. The number of pyridine rings is 1. The molecule has 1 aromatic heterocycles. The number of carbonyl (C=O) groups excluding carboxylic acids is 4. The van der Waals surface area contributed by atoms with E-state index >= 15 is 4.79 Å². The topological polar surface area (TPSA) is 171 Å². The molecule has 7 aliphatic rings. The number of benzene rings is 1. The van der Waals surface area contributed by atoms with Crippen LogP contribution in [0, 0.1) is 28.6 Å². The fourth-order valence-corrected chi connectivity index (χ4v) is 12.6. The Hall–Kier alpha value is -4.08. The molecule has 65 heavy (non-hydrogen) atoms. The van der Waals surface area contributed by atoms with E-state index in [2.05, 4.69) is 23.1 Å². The number of esters is 1. The van der Waals surface area contributed by atoms with Gasteiger partial charge in [0, 0.05) is 37.9 Å². The van der Waals surface area contributed by atoms with Gasteiger partial charge in [0.25, 0.3) is 0 Å². The van der Waals surface area contributed by atoms with E-state index in [4.69, 9.17) is 23.9 Å². The van der Waals surface area contributed by atoms with Crippen LogP contribution in [0.1, 0.15) is 122 Å². The second-order valence-corrected chi connectivity index (χ2v) is 23.0. The quantitative estimate of drug-likeness (QED) is 0.182. The van der Waals surface area contributed by atoms with Gasteiger partial charge in [0.1, 0.15) is 24.6 Å². The molecular formula is C50H68N4O10S. The molecule has 14 nitrogen and oxygen atoms in total. The summed E-state index contributed by atoms with van der Waals surface area (Å²) in [6.07, 6.45) is 11.5. The minimum absolute atomic E-state index is 0.0690. The standard InChI is InChI=1S/C50H68N4O10S/c1-4-34-30-50(34,47(58)52-65(59,60)49(3)19-20-49)31-41(55)40-28-35-32-54(40)46(57)38(48(2)17-11-6-12-18-48)29-43(56)64-42-27-33(42)13-7-5-8-15-37-44(62-26-23-53-21-24-61-25-22-53)36-14-9-10-16-39(36)51-45(37)63-35/h4,9-10,14,16,33-35,38,40,42H,1,5-8,11-13,15,17-32H2,2-3H3,(H,52,58)/t33-,34-,35-,38-,40+,42-,50-/m1/s1. The maximum atomic E-state index is 15.4. The zero-order chi connectivity index (χ0) is 45.6. The second kappa shape index (κ2) is 18.5. The summed E-state index contributed by atoms with van der Waals surface area (Å²) in [6, 6.07) is 6.90. The number of allylic oxidation sites excluding steroid dienone is 1. The van der Waals surface area contributed by atoms with Gasteiger partial charge in [0.2, 0.25) is 27.7 Å². The largest absolute Gasteiger partial charge is 0.491 e. The lowest BCUT2D eigenvalue weighted by Crippen LogP contribution is -2.50. The van der Waals surface area contributed by atoms with Crippen LogP contribution in [0.4, 0.5) is 0 Å². The lowest BCUT2D eigenvalue weighted by Gasteiger charge is -2.42. The third-order valence-corrected chi connectivity index (χ3v) is 18.4. The van der Waals surface area contributed by atoms with Crippen molar-refractivity contribution < 1.29 is 46.5 Å². The molecule has 0 unspecified atom stereocenters. The number of nitrogens with zero attached hydrogens (tertiary/aromatic N) is 3. The molecule has 4 saturated carbocycles. The average molecular weight is 917 g/mol. The number of rotatable bonds is 12. The number of Topliss-reactive ketones (excluding diaryl/α,β-unsaturated/α-hetero) is 1. The van der Waals surface area contributed by atoms with Crippen molar-refractivity contribution in [3.05, 3.63) is 42.5 Å². The van der Waals surface area contributed by atoms with E-state index < -0.39 is 55.5 Å². The third-order valence-electron chi connectivity index (χ3n) is 16.2. The number of para-hydroxylation sites is 1. The lowest BCUT2D eigenvalue weighted by molar-refractivity contribution is -0.155. The Morgan fingerprint density at radius 3 is 2.48 bits per heavy atom. The minimum Gasteiger partial charge on any atom is -0.491 e. The predicted octanol–water partition coefficient (Wildman–Crippen LogP) is 6.47. The molecule has 3 aliphatic heterocycles. The van der Waals surface area contributed by atoms with Gasteiger partial charge in [-0.15, -0.1) is 6.58 Å². The van der Waals surface area contributed by atoms with Crippen molar-refractivity contribution in [2.24, 2.45) is 28.6 Å².